The summed E-state index contributed by atoms with van der Waals surface area (Å²) in [5.74, 6) is 0. The first-order chi connectivity index (χ1) is 6.79. The van der Waals surface area contributed by atoms with E-state index in [0.29, 0.717) is 6.61 Å². The standard InChI is InChI=1S/C11H16ClNO/c1-3-13-11(8-14-2)9-6-4-5-7-10(9)12/h4-7,11,13H,3,8H2,1-2H3. The number of halogens is 1. The summed E-state index contributed by atoms with van der Waals surface area (Å²) in [6.07, 6.45) is 0. The highest BCUT2D eigenvalue weighted by atomic mass is 35.5. The molecular formula is C11H16ClNO. The SMILES string of the molecule is CCNC(COC)c1ccccc1Cl. The van der Waals surface area contributed by atoms with E-state index < -0.39 is 0 Å². The zero-order valence-corrected chi connectivity index (χ0v) is 9.34. The molecule has 0 radical (unpaired) electrons. The zero-order valence-electron chi connectivity index (χ0n) is 8.59. The van der Waals surface area contributed by atoms with Crippen LogP contribution in [-0.4, -0.2) is 20.3 Å². The maximum atomic E-state index is 6.09. The van der Waals surface area contributed by atoms with Crippen molar-refractivity contribution in [3.05, 3.63) is 34.9 Å². The Kier molecular flexibility index (Phi) is 4.94. The van der Waals surface area contributed by atoms with Gasteiger partial charge in [0.25, 0.3) is 0 Å². The van der Waals surface area contributed by atoms with Crippen molar-refractivity contribution in [2.24, 2.45) is 0 Å². The Morgan fingerprint density at radius 2 is 2.14 bits per heavy atom. The van der Waals surface area contributed by atoms with Crippen molar-refractivity contribution in [2.75, 3.05) is 20.3 Å². The van der Waals surface area contributed by atoms with E-state index in [1.54, 1.807) is 7.11 Å². The minimum Gasteiger partial charge on any atom is -0.383 e. The summed E-state index contributed by atoms with van der Waals surface area (Å²) in [7, 11) is 1.70. The Balaban J connectivity index is 2.81. The Hall–Kier alpha value is -0.570. The molecule has 14 heavy (non-hydrogen) atoms. The summed E-state index contributed by atoms with van der Waals surface area (Å²) in [6.45, 7) is 3.61. The fourth-order valence-electron chi connectivity index (χ4n) is 1.43. The molecule has 0 fully saturated rings. The molecule has 0 saturated carbocycles. The van der Waals surface area contributed by atoms with E-state index in [1.807, 2.05) is 24.3 Å². The first-order valence-corrected chi connectivity index (χ1v) is 5.14. The molecule has 1 rings (SSSR count). The molecule has 0 amide bonds. The van der Waals surface area contributed by atoms with Crippen LogP contribution in [0.15, 0.2) is 24.3 Å². The van der Waals surface area contributed by atoms with E-state index in [0.717, 1.165) is 17.1 Å². The normalized spacial score (nSPS) is 12.8. The zero-order chi connectivity index (χ0) is 10.4. The van der Waals surface area contributed by atoms with E-state index in [2.05, 4.69) is 12.2 Å². The van der Waals surface area contributed by atoms with Gasteiger partial charge in [0.1, 0.15) is 0 Å². The molecule has 0 spiro atoms. The Labute approximate surface area is 90.2 Å². The number of rotatable bonds is 5. The predicted molar refractivity (Wildman–Crippen MR) is 59.7 cm³/mol. The molecule has 1 aromatic rings. The van der Waals surface area contributed by atoms with Gasteiger partial charge in [0, 0.05) is 12.1 Å². The molecular weight excluding hydrogens is 198 g/mol. The van der Waals surface area contributed by atoms with Crippen LogP contribution in [0.3, 0.4) is 0 Å². The highest BCUT2D eigenvalue weighted by molar-refractivity contribution is 6.31. The summed E-state index contributed by atoms with van der Waals surface area (Å²) in [6, 6.07) is 8.02. The quantitative estimate of drug-likeness (QED) is 0.812. The topological polar surface area (TPSA) is 21.3 Å². The van der Waals surface area contributed by atoms with Crippen LogP contribution in [0.1, 0.15) is 18.5 Å². The number of ether oxygens (including phenoxy) is 1. The van der Waals surface area contributed by atoms with Gasteiger partial charge < -0.3 is 10.1 Å². The van der Waals surface area contributed by atoms with Gasteiger partial charge in [0.2, 0.25) is 0 Å². The molecule has 3 heteroatoms. The van der Waals surface area contributed by atoms with Crippen LogP contribution in [-0.2, 0) is 4.74 Å². The molecule has 78 valence electrons. The van der Waals surface area contributed by atoms with Gasteiger partial charge in [-0.15, -0.1) is 0 Å². The van der Waals surface area contributed by atoms with Gasteiger partial charge in [0.15, 0.2) is 0 Å². The summed E-state index contributed by atoms with van der Waals surface area (Å²) in [5.41, 5.74) is 1.10. The molecule has 0 aromatic heterocycles. The van der Waals surface area contributed by atoms with Gasteiger partial charge in [-0.25, -0.2) is 0 Å². The largest absolute Gasteiger partial charge is 0.383 e. The Bertz CT molecular complexity index is 272. The van der Waals surface area contributed by atoms with E-state index in [1.165, 1.54) is 0 Å². The molecule has 1 atom stereocenters. The van der Waals surface area contributed by atoms with Gasteiger partial charge in [-0.2, -0.15) is 0 Å². The Morgan fingerprint density at radius 3 is 2.71 bits per heavy atom. The molecule has 1 aromatic carbocycles. The summed E-state index contributed by atoms with van der Waals surface area (Å²) < 4.78 is 5.14. The third-order valence-electron chi connectivity index (χ3n) is 2.06. The van der Waals surface area contributed by atoms with Crippen molar-refractivity contribution in [1.82, 2.24) is 5.32 Å². The molecule has 0 aliphatic carbocycles. The van der Waals surface area contributed by atoms with Crippen LogP contribution in [0.2, 0.25) is 5.02 Å². The smallest absolute Gasteiger partial charge is 0.0658 e. The molecule has 0 aliphatic rings. The van der Waals surface area contributed by atoms with Gasteiger partial charge in [-0.3, -0.25) is 0 Å². The molecule has 0 heterocycles. The van der Waals surface area contributed by atoms with Crippen LogP contribution < -0.4 is 5.32 Å². The van der Waals surface area contributed by atoms with E-state index in [9.17, 15) is 0 Å². The number of hydrogen-bond acceptors (Lipinski definition) is 2. The summed E-state index contributed by atoms with van der Waals surface area (Å²) >= 11 is 6.09. The van der Waals surface area contributed by atoms with Gasteiger partial charge in [0.05, 0.1) is 12.6 Å². The van der Waals surface area contributed by atoms with Gasteiger partial charge in [-0.1, -0.05) is 36.7 Å². The minimum absolute atomic E-state index is 0.179. The van der Waals surface area contributed by atoms with E-state index in [-0.39, 0.29) is 6.04 Å². The van der Waals surface area contributed by atoms with Crippen molar-refractivity contribution in [3.63, 3.8) is 0 Å². The number of benzene rings is 1. The number of likely N-dealkylation sites (N-methyl/N-ethyl adjacent to an activating group) is 1. The molecule has 0 bridgehead atoms. The molecule has 0 aliphatic heterocycles. The van der Waals surface area contributed by atoms with E-state index >= 15 is 0 Å². The Morgan fingerprint density at radius 1 is 1.43 bits per heavy atom. The summed E-state index contributed by atoms with van der Waals surface area (Å²) in [5, 5.41) is 4.12. The fourth-order valence-corrected chi connectivity index (χ4v) is 1.70. The van der Waals surface area contributed by atoms with Crippen molar-refractivity contribution in [3.8, 4) is 0 Å². The van der Waals surface area contributed by atoms with Crippen LogP contribution in [0, 0.1) is 0 Å². The van der Waals surface area contributed by atoms with Crippen LogP contribution in [0.4, 0.5) is 0 Å². The van der Waals surface area contributed by atoms with Crippen molar-refractivity contribution < 1.29 is 4.74 Å². The first-order valence-electron chi connectivity index (χ1n) is 4.76. The highest BCUT2D eigenvalue weighted by Gasteiger charge is 2.12. The molecule has 0 saturated heterocycles. The lowest BCUT2D eigenvalue weighted by Crippen LogP contribution is -2.25. The van der Waals surface area contributed by atoms with Crippen molar-refractivity contribution in [2.45, 2.75) is 13.0 Å². The number of methoxy groups -OCH3 is 1. The second-order valence-electron chi connectivity index (χ2n) is 3.09. The summed E-state index contributed by atoms with van der Waals surface area (Å²) in [4.78, 5) is 0. The highest BCUT2D eigenvalue weighted by Crippen LogP contribution is 2.22. The number of hydrogen-bond donors (Lipinski definition) is 1. The predicted octanol–water partition coefficient (Wildman–Crippen LogP) is 2.64. The van der Waals surface area contributed by atoms with Crippen molar-refractivity contribution >= 4 is 11.6 Å². The third-order valence-corrected chi connectivity index (χ3v) is 2.41. The van der Waals surface area contributed by atoms with Gasteiger partial charge >= 0.3 is 0 Å². The first kappa shape index (κ1) is 11.5. The fraction of sp³-hybridized carbons (Fsp3) is 0.455. The molecule has 1 unspecified atom stereocenters. The molecule has 1 N–H and O–H groups in total. The molecule has 2 nitrogen and oxygen atoms in total. The maximum Gasteiger partial charge on any atom is 0.0658 e. The second kappa shape index (κ2) is 6.02. The number of nitrogens with one attached hydrogen (secondary N) is 1. The minimum atomic E-state index is 0.179. The van der Waals surface area contributed by atoms with Crippen LogP contribution in [0.5, 0.6) is 0 Å². The maximum absolute atomic E-state index is 6.09. The van der Waals surface area contributed by atoms with Crippen LogP contribution >= 0.6 is 11.6 Å². The van der Waals surface area contributed by atoms with Crippen LogP contribution in [0.25, 0.3) is 0 Å². The second-order valence-corrected chi connectivity index (χ2v) is 3.49. The lowest BCUT2D eigenvalue weighted by molar-refractivity contribution is 0.168. The lowest BCUT2D eigenvalue weighted by Gasteiger charge is -2.18. The monoisotopic (exact) mass is 213 g/mol. The lowest BCUT2D eigenvalue weighted by atomic mass is 10.1. The average Bonchev–Trinajstić information content (AvgIpc) is 2.18. The van der Waals surface area contributed by atoms with Gasteiger partial charge in [-0.05, 0) is 18.2 Å². The third kappa shape index (κ3) is 2.98. The average molecular weight is 214 g/mol. The van der Waals surface area contributed by atoms with Crippen molar-refractivity contribution in [1.29, 1.82) is 0 Å². The van der Waals surface area contributed by atoms with E-state index in [4.69, 9.17) is 16.3 Å².